The lowest BCUT2D eigenvalue weighted by atomic mass is 9.88. The number of carbonyl (C=O) groups is 1. The zero-order chi connectivity index (χ0) is 22.4. The van der Waals surface area contributed by atoms with E-state index in [0.29, 0.717) is 19.7 Å². The number of amides is 1. The van der Waals surface area contributed by atoms with Crippen molar-refractivity contribution in [3.63, 3.8) is 0 Å². The highest BCUT2D eigenvalue weighted by Crippen LogP contribution is 2.38. The number of rotatable bonds is 1. The van der Waals surface area contributed by atoms with Crippen LogP contribution in [0.5, 0.6) is 0 Å². The van der Waals surface area contributed by atoms with Crippen LogP contribution in [0.4, 0.5) is 4.79 Å². The number of ether oxygens (including phenoxy) is 1. The number of pyridine rings is 1. The van der Waals surface area contributed by atoms with E-state index in [2.05, 4.69) is 18.2 Å². The molecule has 0 bridgehead atoms. The summed E-state index contributed by atoms with van der Waals surface area (Å²) in [7, 11) is 0. The van der Waals surface area contributed by atoms with Gasteiger partial charge in [0.25, 0.3) is 5.09 Å². The number of nitrogens with zero attached hydrogens (tertiary/aromatic N) is 3. The Kier molecular flexibility index (Phi) is 7.46. The highest BCUT2D eigenvalue weighted by Gasteiger charge is 2.26. The van der Waals surface area contributed by atoms with Crippen molar-refractivity contribution in [1.29, 1.82) is 0 Å². The summed E-state index contributed by atoms with van der Waals surface area (Å²) in [6.07, 6.45) is 5.25. The Morgan fingerprint density at radius 3 is 2.58 bits per heavy atom. The number of aryl methyl sites for hydroxylation is 2. The molecule has 0 radical (unpaired) electrons. The summed E-state index contributed by atoms with van der Waals surface area (Å²) in [5.74, 6) is 0. The van der Waals surface area contributed by atoms with Crippen molar-refractivity contribution in [2.45, 2.75) is 32.6 Å². The van der Waals surface area contributed by atoms with Gasteiger partial charge in [0.15, 0.2) is 0 Å². The van der Waals surface area contributed by atoms with Crippen molar-refractivity contribution in [3.05, 3.63) is 79.6 Å². The molecule has 2 aromatic rings. The molecular weight excluding hydrogens is 422 g/mol. The smallest absolute Gasteiger partial charge is 0.409 e. The Balaban J connectivity index is 0.000000628. The second kappa shape index (κ2) is 10.3. The molecule has 1 N–H and O–H groups in total. The third-order valence-corrected chi connectivity index (χ3v) is 5.61. The van der Waals surface area contributed by atoms with Crippen LogP contribution >= 0.6 is 11.6 Å². The molecule has 1 aliphatic heterocycles. The monoisotopic (exact) mass is 445 g/mol. The van der Waals surface area contributed by atoms with E-state index >= 15 is 0 Å². The molecule has 1 aromatic carbocycles. The van der Waals surface area contributed by atoms with Crippen LogP contribution in [0.25, 0.3) is 5.57 Å². The van der Waals surface area contributed by atoms with Gasteiger partial charge < -0.3 is 14.8 Å². The maximum absolute atomic E-state index is 12.0. The van der Waals surface area contributed by atoms with Gasteiger partial charge in [-0.05, 0) is 67.5 Å². The summed E-state index contributed by atoms with van der Waals surface area (Å²) in [6, 6.07) is 10.3. The topological polar surface area (TPSA) is 106 Å². The highest BCUT2D eigenvalue weighted by molar-refractivity contribution is 6.30. The molecule has 0 atom stereocenters. The lowest BCUT2D eigenvalue weighted by molar-refractivity contribution is -0.742. The third-order valence-electron chi connectivity index (χ3n) is 5.37. The molecule has 2 aliphatic rings. The van der Waals surface area contributed by atoms with E-state index < -0.39 is 5.09 Å². The molecule has 164 valence electrons. The lowest BCUT2D eigenvalue weighted by Crippen LogP contribution is -2.37. The van der Waals surface area contributed by atoms with E-state index in [9.17, 15) is 4.79 Å². The van der Waals surface area contributed by atoms with Crippen molar-refractivity contribution in [3.8, 4) is 0 Å². The number of hydrogen-bond donors (Lipinski definition) is 1. The van der Waals surface area contributed by atoms with Crippen LogP contribution in [0.1, 0.15) is 42.1 Å². The van der Waals surface area contributed by atoms with E-state index in [1.807, 2.05) is 25.3 Å². The zero-order valence-electron chi connectivity index (χ0n) is 17.2. The number of carbonyl (C=O) groups excluding carboxylic acids is 1. The van der Waals surface area contributed by atoms with Crippen LogP contribution in [0, 0.1) is 10.1 Å². The van der Waals surface area contributed by atoms with E-state index in [1.54, 1.807) is 4.90 Å². The third kappa shape index (κ3) is 5.52. The number of aromatic nitrogens is 1. The van der Waals surface area contributed by atoms with Gasteiger partial charge in [0, 0.05) is 29.9 Å². The molecule has 8 nitrogen and oxygen atoms in total. The largest absolute Gasteiger partial charge is 0.450 e. The summed E-state index contributed by atoms with van der Waals surface area (Å²) in [5.41, 5.74) is 7.46. The Morgan fingerprint density at radius 1 is 1.23 bits per heavy atom. The summed E-state index contributed by atoms with van der Waals surface area (Å²) < 4.78 is 5.15. The quantitative estimate of drug-likeness (QED) is 0.510. The SMILES string of the molecule is CCOC(=O)N1CCC(=C2c3ccc(Cl)cc3CCc3cccnc32)CC1.O=[N+]([O-])O. The van der Waals surface area contributed by atoms with E-state index in [-0.39, 0.29) is 6.09 Å². The molecule has 0 unspecified atom stereocenters. The number of likely N-dealkylation sites (tertiary alicyclic amines) is 1. The highest BCUT2D eigenvalue weighted by atomic mass is 35.5. The molecule has 4 rings (SSSR count). The van der Waals surface area contributed by atoms with Crippen molar-refractivity contribution in [1.82, 2.24) is 9.88 Å². The van der Waals surface area contributed by atoms with Gasteiger partial charge in [-0.1, -0.05) is 29.3 Å². The minimum absolute atomic E-state index is 0.215. The number of hydrogen-bond acceptors (Lipinski definition) is 5. The minimum Gasteiger partial charge on any atom is -0.450 e. The first-order valence-electron chi connectivity index (χ1n) is 10.1. The van der Waals surface area contributed by atoms with Gasteiger partial charge >= 0.3 is 6.09 Å². The van der Waals surface area contributed by atoms with Gasteiger partial charge in [-0.2, -0.15) is 0 Å². The molecular formula is C22H24ClN3O5. The van der Waals surface area contributed by atoms with Gasteiger partial charge in [0.1, 0.15) is 0 Å². The Labute approximate surface area is 185 Å². The number of fused-ring (bicyclic) bond motifs is 2. The predicted octanol–water partition coefficient (Wildman–Crippen LogP) is 4.54. The zero-order valence-corrected chi connectivity index (χ0v) is 18.0. The van der Waals surface area contributed by atoms with Crippen LogP contribution in [-0.4, -0.2) is 46.0 Å². The summed E-state index contributed by atoms with van der Waals surface area (Å²) >= 11 is 6.27. The van der Waals surface area contributed by atoms with Crippen molar-refractivity contribution < 1.29 is 19.8 Å². The molecule has 1 aromatic heterocycles. The van der Waals surface area contributed by atoms with Gasteiger partial charge in [0.2, 0.25) is 0 Å². The molecule has 0 spiro atoms. The molecule has 9 heteroatoms. The molecule has 1 amide bonds. The van der Waals surface area contributed by atoms with Crippen LogP contribution in [0.15, 0.2) is 42.1 Å². The average molecular weight is 446 g/mol. The second-order valence-electron chi connectivity index (χ2n) is 7.21. The summed E-state index contributed by atoms with van der Waals surface area (Å²) in [5, 5.41) is 14.4. The first kappa shape index (κ1) is 22.6. The van der Waals surface area contributed by atoms with Gasteiger partial charge in [-0.25, -0.2) is 4.79 Å². The number of halogens is 1. The summed E-state index contributed by atoms with van der Waals surface area (Å²) in [4.78, 5) is 26.9. The van der Waals surface area contributed by atoms with E-state index in [4.69, 9.17) is 36.6 Å². The number of benzene rings is 1. The van der Waals surface area contributed by atoms with Crippen LogP contribution in [-0.2, 0) is 17.6 Å². The van der Waals surface area contributed by atoms with Gasteiger partial charge in [-0.15, -0.1) is 10.1 Å². The molecule has 1 fully saturated rings. The van der Waals surface area contributed by atoms with E-state index in [1.165, 1.54) is 27.8 Å². The maximum atomic E-state index is 12.0. The fraction of sp³-hybridized carbons (Fsp3) is 0.364. The minimum atomic E-state index is -1.50. The lowest BCUT2D eigenvalue weighted by Gasteiger charge is -2.29. The van der Waals surface area contributed by atoms with Crippen LogP contribution < -0.4 is 0 Å². The summed E-state index contributed by atoms with van der Waals surface area (Å²) in [6.45, 7) is 3.62. The van der Waals surface area contributed by atoms with Gasteiger partial charge in [0.05, 0.1) is 12.3 Å². The standard InChI is InChI=1S/C22H23ClN2O2.HNO3/c1-2-27-22(26)25-12-9-15(10-13-25)20-19-8-7-18(23)14-17(19)6-5-16-4-3-11-24-21(16)20;2-1(3)4/h3-4,7-8,11,14H,2,5-6,9-10,12-13H2,1H3;(H,2,3,4). The maximum Gasteiger partial charge on any atom is 0.409 e. The molecule has 2 heterocycles. The number of piperidine rings is 1. The first-order chi connectivity index (χ1) is 14.9. The Hall–Kier alpha value is -3.13. The van der Waals surface area contributed by atoms with Crippen molar-refractivity contribution in [2.75, 3.05) is 19.7 Å². The molecule has 1 saturated heterocycles. The Bertz CT molecular complexity index is 994. The fourth-order valence-electron chi connectivity index (χ4n) is 4.06. The first-order valence-corrected chi connectivity index (χ1v) is 10.5. The Morgan fingerprint density at radius 2 is 1.90 bits per heavy atom. The fourth-order valence-corrected chi connectivity index (χ4v) is 4.25. The van der Waals surface area contributed by atoms with Gasteiger partial charge in [-0.3, -0.25) is 4.98 Å². The molecule has 0 saturated carbocycles. The van der Waals surface area contributed by atoms with Crippen LogP contribution in [0.3, 0.4) is 0 Å². The van der Waals surface area contributed by atoms with E-state index in [0.717, 1.165) is 36.4 Å². The second-order valence-corrected chi connectivity index (χ2v) is 7.65. The normalized spacial score (nSPS) is 15.1. The predicted molar refractivity (Wildman–Crippen MR) is 116 cm³/mol. The molecule has 31 heavy (non-hydrogen) atoms. The van der Waals surface area contributed by atoms with Crippen LogP contribution in [0.2, 0.25) is 5.02 Å². The molecule has 1 aliphatic carbocycles. The average Bonchev–Trinajstić information content (AvgIpc) is 2.90. The van der Waals surface area contributed by atoms with Crippen molar-refractivity contribution >= 4 is 23.3 Å². The van der Waals surface area contributed by atoms with Crippen molar-refractivity contribution in [2.24, 2.45) is 0 Å².